The zero-order chi connectivity index (χ0) is 19.1. The minimum absolute atomic E-state index is 0.128. The van der Waals surface area contributed by atoms with Crippen LogP contribution in [0.2, 0.25) is 0 Å². The maximum absolute atomic E-state index is 12.2. The van der Waals surface area contributed by atoms with Gasteiger partial charge >= 0.3 is 0 Å². The number of nitrogens with one attached hydrogen (secondary N) is 1. The average molecular weight is 435 g/mol. The maximum Gasteiger partial charge on any atom is 0.241 e. The zero-order valence-electron chi connectivity index (χ0n) is 15.8. The highest BCUT2D eigenvalue weighted by atomic mass is 79.9. The molecule has 27 heavy (non-hydrogen) atoms. The van der Waals surface area contributed by atoms with E-state index in [4.69, 9.17) is 4.52 Å². The van der Waals surface area contributed by atoms with Crippen LogP contribution in [0.4, 0.5) is 0 Å². The molecule has 0 unspecified atom stereocenters. The first-order valence-electron chi connectivity index (χ1n) is 9.74. The Morgan fingerprint density at radius 2 is 2.15 bits per heavy atom. The third-order valence-corrected chi connectivity index (χ3v) is 5.44. The van der Waals surface area contributed by atoms with Crippen LogP contribution in [0.25, 0.3) is 11.4 Å². The van der Waals surface area contributed by atoms with E-state index in [1.165, 1.54) is 12.8 Å². The SMILES string of the molecule is CCCCCNC(=O)C1CCN(Cc2nc(-c3cccc(Br)c3)no2)CC1. The Morgan fingerprint density at radius 3 is 2.89 bits per heavy atom. The van der Waals surface area contributed by atoms with Gasteiger partial charge in [0.1, 0.15) is 0 Å². The lowest BCUT2D eigenvalue weighted by molar-refractivity contribution is -0.126. The lowest BCUT2D eigenvalue weighted by Crippen LogP contribution is -2.40. The van der Waals surface area contributed by atoms with Crippen molar-refractivity contribution in [3.8, 4) is 11.4 Å². The number of nitrogens with zero attached hydrogens (tertiary/aromatic N) is 3. The molecule has 1 amide bonds. The first-order chi connectivity index (χ1) is 13.2. The Labute approximate surface area is 168 Å². The summed E-state index contributed by atoms with van der Waals surface area (Å²) in [5.74, 6) is 1.56. The Kier molecular flexibility index (Phi) is 7.41. The van der Waals surface area contributed by atoms with Gasteiger partial charge < -0.3 is 9.84 Å². The van der Waals surface area contributed by atoms with Crippen LogP contribution in [0.3, 0.4) is 0 Å². The van der Waals surface area contributed by atoms with Crippen LogP contribution < -0.4 is 5.32 Å². The molecule has 0 atom stereocenters. The molecule has 1 N–H and O–H groups in total. The number of halogens is 1. The third kappa shape index (κ3) is 5.87. The van der Waals surface area contributed by atoms with E-state index in [1.54, 1.807) is 0 Å². The zero-order valence-corrected chi connectivity index (χ0v) is 17.4. The number of unbranched alkanes of at least 4 members (excludes halogenated alkanes) is 2. The normalized spacial score (nSPS) is 15.8. The molecule has 0 spiro atoms. The van der Waals surface area contributed by atoms with Gasteiger partial charge in [-0.25, -0.2) is 0 Å². The molecule has 2 aromatic rings. The van der Waals surface area contributed by atoms with Gasteiger partial charge in [0.15, 0.2) is 0 Å². The molecule has 1 aliphatic rings. The predicted octanol–water partition coefficient (Wildman–Crippen LogP) is 4.02. The second-order valence-electron chi connectivity index (χ2n) is 7.07. The van der Waals surface area contributed by atoms with Crippen LogP contribution in [0.5, 0.6) is 0 Å². The Morgan fingerprint density at radius 1 is 1.33 bits per heavy atom. The van der Waals surface area contributed by atoms with Gasteiger partial charge in [-0.2, -0.15) is 4.98 Å². The number of aromatic nitrogens is 2. The lowest BCUT2D eigenvalue weighted by Gasteiger charge is -2.30. The fourth-order valence-corrected chi connectivity index (χ4v) is 3.74. The number of piperidine rings is 1. The largest absolute Gasteiger partial charge is 0.356 e. The summed E-state index contributed by atoms with van der Waals surface area (Å²) in [6.45, 7) is 5.35. The summed E-state index contributed by atoms with van der Waals surface area (Å²) in [5, 5.41) is 7.16. The Bertz CT molecular complexity index is 741. The van der Waals surface area contributed by atoms with E-state index in [0.717, 1.165) is 48.9 Å². The van der Waals surface area contributed by atoms with Crippen molar-refractivity contribution in [2.45, 2.75) is 45.6 Å². The summed E-state index contributed by atoms with van der Waals surface area (Å²) in [6.07, 6.45) is 5.18. The van der Waals surface area contributed by atoms with Crippen molar-refractivity contribution < 1.29 is 9.32 Å². The van der Waals surface area contributed by atoms with Crippen molar-refractivity contribution in [3.63, 3.8) is 0 Å². The number of carbonyl (C=O) groups is 1. The summed E-state index contributed by atoms with van der Waals surface area (Å²) in [5.41, 5.74) is 0.929. The molecule has 1 aromatic carbocycles. The van der Waals surface area contributed by atoms with Gasteiger partial charge in [-0.15, -0.1) is 0 Å². The molecule has 1 fully saturated rings. The molecular weight excluding hydrogens is 408 g/mol. The van der Waals surface area contributed by atoms with Crippen LogP contribution in [0.1, 0.15) is 44.9 Å². The van der Waals surface area contributed by atoms with E-state index in [2.05, 4.69) is 43.2 Å². The number of hydrogen-bond acceptors (Lipinski definition) is 5. The first-order valence-corrected chi connectivity index (χ1v) is 10.5. The van der Waals surface area contributed by atoms with E-state index >= 15 is 0 Å². The van der Waals surface area contributed by atoms with Gasteiger partial charge in [0.25, 0.3) is 0 Å². The van der Waals surface area contributed by atoms with E-state index in [0.29, 0.717) is 18.3 Å². The van der Waals surface area contributed by atoms with Crippen LogP contribution >= 0.6 is 15.9 Å². The van der Waals surface area contributed by atoms with E-state index in [9.17, 15) is 4.79 Å². The van der Waals surface area contributed by atoms with Crippen molar-refractivity contribution in [3.05, 3.63) is 34.6 Å². The molecule has 2 heterocycles. The number of likely N-dealkylation sites (tertiary alicyclic amines) is 1. The second-order valence-corrected chi connectivity index (χ2v) is 7.99. The average Bonchev–Trinajstić information content (AvgIpc) is 3.14. The quantitative estimate of drug-likeness (QED) is 0.635. The van der Waals surface area contributed by atoms with Crippen molar-refractivity contribution in [1.82, 2.24) is 20.4 Å². The highest BCUT2D eigenvalue weighted by Gasteiger charge is 2.25. The molecule has 3 rings (SSSR count). The minimum Gasteiger partial charge on any atom is -0.356 e. The fraction of sp³-hybridized carbons (Fsp3) is 0.550. The van der Waals surface area contributed by atoms with Crippen molar-refractivity contribution in [2.24, 2.45) is 5.92 Å². The number of carbonyl (C=O) groups excluding carboxylic acids is 1. The summed E-state index contributed by atoms with van der Waals surface area (Å²) in [7, 11) is 0. The molecule has 1 aliphatic heterocycles. The molecule has 7 heteroatoms. The van der Waals surface area contributed by atoms with Crippen molar-refractivity contribution in [1.29, 1.82) is 0 Å². The van der Waals surface area contributed by atoms with Crippen LogP contribution in [0, 0.1) is 5.92 Å². The lowest BCUT2D eigenvalue weighted by atomic mass is 9.96. The second kappa shape index (κ2) is 9.99. The van der Waals surface area contributed by atoms with E-state index in [-0.39, 0.29) is 11.8 Å². The van der Waals surface area contributed by atoms with Crippen LogP contribution in [-0.4, -0.2) is 40.6 Å². The summed E-state index contributed by atoms with van der Waals surface area (Å²) < 4.78 is 6.40. The molecule has 6 nitrogen and oxygen atoms in total. The summed E-state index contributed by atoms with van der Waals surface area (Å²) in [4.78, 5) is 19.0. The first kappa shape index (κ1) is 20.0. The summed E-state index contributed by atoms with van der Waals surface area (Å²) >= 11 is 3.46. The molecule has 146 valence electrons. The molecule has 0 bridgehead atoms. The molecule has 1 saturated heterocycles. The number of rotatable bonds is 8. The Balaban J connectivity index is 1.45. The minimum atomic E-state index is 0.128. The van der Waals surface area contributed by atoms with E-state index in [1.807, 2.05) is 24.3 Å². The highest BCUT2D eigenvalue weighted by Crippen LogP contribution is 2.22. The van der Waals surface area contributed by atoms with Crippen LogP contribution in [-0.2, 0) is 11.3 Å². The Hall–Kier alpha value is -1.73. The number of amides is 1. The highest BCUT2D eigenvalue weighted by molar-refractivity contribution is 9.10. The topological polar surface area (TPSA) is 71.3 Å². The number of hydrogen-bond donors (Lipinski definition) is 1. The van der Waals surface area contributed by atoms with Crippen molar-refractivity contribution >= 4 is 21.8 Å². The van der Waals surface area contributed by atoms with Gasteiger partial charge in [0, 0.05) is 22.5 Å². The van der Waals surface area contributed by atoms with Crippen molar-refractivity contribution in [2.75, 3.05) is 19.6 Å². The smallest absolute Gasteiger partial charge is 0.241 e. The predicted molar refractivity (Wildman–Crippen MR) is 108 cm³/mol. The van der Waals surface area contributed by atoms with Gasteiger partial charge in [-0.05, 0) is 44.5 Å². The van der Waals surface area contributed by atoms with Crippen LogP contribution in [0.15, 0.2) is 33.3 Å². The number of benzene rings is 1. The molecule has 0 saturated carbocycles. The monoisotopic (exact) mass is 434 g/mol. The molecular formula is C20H27BrN4O2. The third-order valence-electron chi connectivity index (χ3n) is 4.95. The van der Waals surface area contributed by atoms with Gasteiger partial charge in [0.05, 0.1) is 6.54 Å². The fourth-order valence-electron chi connectivity index (χ4n) is 3.34. The molecule has 1 aromatic heterocycles. The van der Waals surface area contributed by atoms with E-state index < -0.39 is 0 Å². The molecule has 0 radical (unpaired) electrons. The van der Waals surface area contributed by atoms with Gasteiger partial charge in [0.2, 0.25) is 17.6 Å². The van der Waals surface area contributed by atoms with Gasteiger partial charge in [-0.1, -0.05) is 53.0 Å². The summed E-state index contributed by atoms with van der Waals surface area (Å²) in [6, 6.07) is 7.85. The molecule has 0 aliphatic carbocycles. The van der Waals surface area contributed by atoms with Gasteiger partial charge in [-0.3, -0.25) is 9.69 Å². The standard InChI is InChI=1S/C20H27BrN4O2/c1-2-3-4-10-22-20(26)15-8-11-25(12-9-15)14-18-23-19(24-27-18)16-6-5-7-17(21)13-16/h5-7,13,15H,2-4,8-12,14H2,1H3,(H,22,26). The maximum atomic E-state index is 12.2.